The SMILES string of the molecule is CCC(CC)C(=O)N1CCC(Cn2cnc3ccccc32)CC1. The van der Waals surface area contributed by atoms with Gasteiger partial charge in [0.2, 0.25) is 5.91 Å². The predicted molar refractivity (Wildman–Crippen MR) is 93.1 cm³/mol. The highest BCUT2D eigenvalue weighted by Crippen LogP contribution is 2.23. The fourth-order valence-electron chi connectivity index (χ4n) is 3.67. The molecule has 1 aromatic carbocycles. The van der Waals surface area contributed by atoms with Crippen LogP contribution in [0.4, 0.5) is 0 Å². The average Bonchev–Trinajstić information content (AvgIpc) is 3.00. The van der Waals surface area contributed by atoms with Gasteiger partial charge in [-0.15, -0.1) is 0 Å². The number of carbonyl (C=O) groups excluding carboxylic acids is 1. The van der Waals surface area contributed by atoms with E-state index in [-0.39, 0.29) is 5.92 Å². The molecule has 0 aliphatic carbocycles. The molecule has 1 aliphatic heterocycles. The number of amides is 1. The van der Waals surface area contributed by atoms with Gasteiger partial charge in [-0.05, 0) is 43.7 Å². The number of aromatic nitrogens is 2. The second-order valence-electron chi connectivity index (χ2n) is 6.67. The molecule has 4 heteroatoms. The summed E-state index contributed by atoms with van der Waals surface area (Å²) in [6.45, 7) is 7.05. The number of para-hydroxylation sites is 2. The first-order chi connectivity index (χ1) is 11.2. The van der Waals surface area contributed by atoms with Crippen LogP contribution in [0.1, 0.15) is 39.5 Å². The van der Waals surface area contributed by atoms with Crippen molar-refractivity contribution in [2.75, 3.05) is 13.1 Å². The minimum Gasteiger partial charge on any atom is -0.342 e. The van der Waals surface area contributed by atoms with E-state index in [0.717, 1.165) is 50.8 Å². The van der Waals surface area contributed by atoms with Crippen LogP contribution < -0.4 is 0 Å². The van der Waals surface area contributed by atoms with Crippen LogP contribution >= 0.6 is 0 Å². The Balaban J connectivity index is 1.58. The number of nitrogens with zero attached hydrogens (tertiary/aromatic N) is 3. The van der Waals surface area contributed by atoms with Gasteiger partial charge in [-0.3, -0.25) is 4.79 Å². The van der Waals surface area contributed by atoms with Gasteiger partial charge in [0.1, 0.15) is 0 Å². The number of hydrogen-bond donors (Lipinski definition) is 0. The summed E-state index contributed by atoms with van der Waals surface area (Å²) in [7, 11) is 0. The lowest BCUT2D eigenvalue weighted by atomic mass is 9.94. The zero-order valence-corrected chi connectivity index (χ0v) is 14.2. The van der Waals surface area contributed by atoms with Crippen molar-refractivity contribution in [3.63, 3.8) is 0 Å². The number of fused-ring (bicyclic) bond motifs is 1. The van der Waals surface area contributed by atoms with E-state index in [1.807, 2.05) is 12.4 Å². The number of imidazole rings is 1. The minimum atomic E-state index is 0.212. The molecule has 1 amide bonds. The predicted octanol–water partition coefficient (Wildman–Crippen LogP) is 3.71. The van der Waals surface area contributed by atoms with E-state index < -0.39 is 0 Å². The van der Waals surface area contributed by atoms with Crippen LogP contribution in [0.2, 0.25) is 0 Å². The van der Waals surface area contributed by atoms with Crippen LogP contribution in [0.5, 0.6) is 0 Å². The Kier molecular flexibility index (Phi) is 4.99. The van der Waals surface area contributed by atoms with Gasteiger partial charge in [-0.2, -0.15) is 0 Å². The largest absolute Gasteiger partial charge is 0.342 e. The second-order valence-corrected chi connectivity index (χ2v) is 6.67. The Morgan fingerprint density at radius 1 is 1.22 bits per heavy atom. The molecular weight excluding hydrogens is 286 g/mol. The summed E-state index contributed by atoms with van der Waals surface area (Å²) in [5.41, 5.74) is 2.27. The standard InChI is InChI=1S/C19H27N3O/c1-3-16(4-2)19(23)21-11-9-15(10-12-21)13-22-14-20-17-7-5-6-8-18(17)22/h5-8,14-16H,3-4,9-13H2,1-2H3. The monoisotopic (exact) mass is 313 g/mol. The fourth-order valence-corrected chi connectivity index (χ4v) is 3.67. The zero-order chi connectivity index (χ0) is 16.2. The first-order valence-electron chi connectivity index (χ1n) is 8.91. The van der Waals surface area contributed by atoms with Crippen LogP contribution in [0.25, 0.3) is 11.0 Å². The maximum atomic E-state index is 12.5. The third kappa shape index (κ3) is 3.41. The molecule has 124 valence electrons. The highest BCUT2D eigenvalue weighted by molar-refractivity contribution is 5.78. The second kappa shape index (κ2) is 7.16. The average molecular weight is 313 g/mol. The van der Waals surface area contributed by atoms with Gasteiger partial charge in [-0.1, -0.05) is 26.0 Å². The third-order valence-corrected chi connectivity index (χ3v) is 5.24. The summed E-state index contributed by atoms with van der Waals surface area (Å²) < 4.78 is 2.26. The molecular formula is C19H27N3O. The number of hydrogen-bond acceptors (Lipinski definition) is 2. The summed E-state index contributed by atoms with van der Waals surface area (Å²) in [5.74, 6) is 1.21. The third-order valence-electron chi connectivity index (χ3n) is 5.24. The first-order valence-corrected chi connectivity index (χ1v) is 8.91. The van der Waals surface area contributed by atoms with Crippen molar-refractivity contribution in [1.29, 1.82) is 0 Å². The van der Waals surface area contributed by atoms with E-state index in [1.165, 1.54) is 5.52 Å². The van der Waals surface area contributed by atoms with Gasteiger partial charge in [0.05, 0.1) is 17.4 Å². The maximum Gasteiger partial charge on any atom is 0.225 e. The topological polar surface area (TPSA) is 38.1 Å². The van der Waals surface area contributed by atoms with Crippen molar-refractivity contribution in [1.82, 2.24) is 14.5 Å². The van der Waals surface area contributed by atoms with Gasteiger partial charge in [0.15, 0.2) is 0 Å². The Labute approximate surface area is 138 Å². The Hall–Kier alpha value is -1.84. The van der Waals surface area contributed by atoms with Crippen LogP contribution in [-0.4, -0.2) is 33.4 Å². The van der Waals surface area contributed by atoms with E-state index in [1.54, 1.807) is 0 Å². The molecule has 1 aliphatic rings. The molecule has 0 N–H and O–H groups in total. The summed E-state index contributed by atoms with van der Waals surface area (Å²) in [6.07, 6.45) is 6.05. The summed E-state index contributed by atoms with van der Waals surface area (Å²) in [6, 6.07) is 8.29. The van der Waals surface area contributed by atoms with Crippen LogP contribution in [0.3, 0.4) is 0 Å². The molecule has 0 saturated carbocycles. The molecule has 0 unspecified atom stereocenters. The van der Waals surface area contributed by atoms with Gasteiger partial charge in [0, 0.05) is 25.6 Å². The van der Waals surface area contributed by atoms with E-state index in [0.29, 0.717) is 11.8 Å². The van der Waals surface area contributed by atoms with Gasteiger partial charge >= 0.3 is 0 Å². The fraction of sp³-hybridized carbons (Fsp3) is 0.579. The molecule has 1 fully saturated rings. The molecule has 2 aromatic rings. The number of likely N-dealkylation sites (tertiary alicyclic amines) is 1. The lowest BCUT2D eigenvalue weighted by Gasteiger charge is -2.34. The molecule has 0 spiro atoms. The Morgan fingerprint density at radius 2 is 1.91 bits per heavy atom. The van der Waals surface area contributed by atoms with Crippen molar-refractivity contribution in [3.05, 3.63) is 30.6 Å². The highest BCUT2D eigenvalue weighted by Gasteiger charge is 2.26. The lowest BCUT2D eigenvalue weighted by molar-refractivity contribution is -0.137. The normalized spacial score (nSPS) is 16.4. The van der Waals surface area contributed by atoms with E-state index in [4.69, 9.17) is 0 Å². The first kappa shape index (κ1) is 16.0. The molecule has 1 saturated heterocycles. The van der Waals surface area contributed by atoms with E-state index >= 15 is 0 Å². The number of carbonyl (C=O) groups is 1. The van der Waals surface area contributed by atoms with Crippen LogP contribution in [0, 0.1) is 11.8 Å². The molecule has 0 bridgehead atoms. The van der Waals surface area contributed by atoms with Crippen molar-refractivity contribution < 1.29 is 4.79 Å². The highest BCUT2D eigenvalue weighted by atomic mass is 16.2. The van der Waals surface area contributed by atoms with E-state index in [2.05, 4.69) is 46.5 Å². The lowest BCUT2D eigenvalue weighted by Crippen LogP contribution is -2.42. The zero-order valence-electron chi connectivity index (χ0n) is 14.2. The van der Waals surface area contributed by atoms with E-state index in [9.17, 15) is 4.79 Å². The van der Waals surface area contributed by atoms with Crippen molar-refractivity contribution in [2.24, 2.45) is 11.8 Å². The maximum absolute atomic E-state index is 12.5. The Morgan fingerprint density at radius 3 is 2.61 bits per heavy atom. The summed E-state index contributed by atoms with van der Waals surface area (Å²) >= 11 is 0. The van der Waals surface area contributed by atoms with Crippen molar-refractivity contribution >= 4 is 16.9 Å². The summed E-state index contributed by atoms with van der Waals surface area (Å²) in [5, 5.41) is 0. The smallest absolute Gasteiger partial charge is 0.225 e. The van der Waals surface area contributed by atoms with Gasteiger partial charge < -0.3 is 9.47 Å². The Bertz CT molecular complexity index is 651. The van der Waals surface area contributed by atoms with Crippen molar-refractivity contribution in [3.8, 4) is 0 Å². The van der Waals surface area contributed by atoms with Gasteiger partial charge in [0.25, 0.3) is 0 Å². The number of benzene rings is 1. The summed E-state index contributed by atoms with van der Waals surface area (Å²) in [4.78, 5) is 19.0. The molecule has 2 heterocycles. The molecule has 4 nitrogen and oxygen atoms in total. The van der Waals surface area contributed by atoms with Crippen LogP contribution in [-0.2, 0) is 11.3 Å². The molecule has 0 radical (unpaired) electrons. The number of rotatable bonds is 5. The molecule has 1 aromatic heterocycles. The van der Waals surface area contributed by atoms with Gasteiger partial charge in [-0.25, -0.2) is 4.98 Å². The molecule has 23 heavy (non-hydrogen) atoms. The quantitative estimate of drug-likeness (QED) is 0.844. The van der Waals surface area contributed by atoms with Crippen LogP contribution in [0.15, 0.2) is 30.6 Å². The number of piperidine rings is 1. The molecule has 0 atom stereocenters. The minimum absolute atomic E-state index is 0.212. The molecule has 3 rings (SSSR count). The van der Waals surface area contributed by atoms with Crippen molar-refractivity contribution in [2.45, 2.75) is 46.1 Å².